The molecule has 0 spiro atoms. The molecule has 0 radical (unpaired) electrons. The summed E-state index contributed by atoms with van der Waals surface area (Å²) in [5, 5.41) is 2.58. The molecule has 2 heterocycles. The largest absolute Gasteiger partial charge is 0.457 e. The van der Waals surface area contributed by atoms with E-state index in [-0.39, 0.29) is 17.0 Å². The number of imide groups is 2. The van der Waals surface area contributed by atoms with Crippen LogP contribution in [0.25, 0.3) is 17.4 Å². The van der Waals surface area contributed by atoms with Crippen molar-refractivity contribution in [1.29, 1.82) is 0 Å². The van der Waals surface area contributed by atoms with E-state index in [1.807, 2.05) is 0 Å². The van der Waals surface area contributed by atoms with Gasteiger partial charge in [0, 0.05) is 5.56 Å². The lowest BCUT2D eigenvalue weighted by atomic mass is 10.1. The lowest BCUT2D eigenvalue weighted by molar-refractivity contribution is -0.122. The third-order valence-electron chi connectivity index (χ3n) is 4.24. The van der Waals surface area contributed by atoms with Crippen molar-refractivity contribution in [3.8, 4) is 11.3 Å². The number of halogens is 2. The van der Waals surface area contributed by atoms with Crippen LogP contribution in [-0.4, -0.2) is 17.8 Å². The Morgan fingerprint density at radius 2 is 1.69 bits per heavy atom. The Bertz CT molecular complexity index is 1170. The first-order valence-electron chi connectivity index (χ1n) is 8.46. The molecule has 4 amide bonds. The molecule has 1 aromatic heterocycles. The molecule has 0 aliphatic carbocycles. The van der Waals surface area contributed by atoms with Gasteiger partial charge in [-0.25, -0.2) is 14.1 Å². The molecule has 3 aromatic rings. The first-order valence-corrected chi connectivity index (χ1v) is 8.83. The highest BCUT2D eigenvalue weighted by molar-refractivity contribution is 6.39. The maximum absolute atomic E-state index is 13.2. The number of nitrogens with zero attached hydrogens (tertiary/aromatic N) is 1. The second-order valence-electron chi connectivity index (χ2n) is 6.12. The van der Waals surface area contributed by atoms with Crippen LogP contribution >= 0.6 is 11.6 Å². The quantitative estimate of drug-likeness (QED) is 0.512. The number of furan rings is 1. The number of amides is 4. The summed E-state index contributed by atoms with van der Waals surface area (Å²) in [4.78, 5) is 37.9. The first-order chi connectivity index (χ1) is 13.9. The zero-order valence-electron chi connectivity index (χ0n) is 14.7. The van der Waals surface area contributed by atoms with Gasteiger partial charge in [-0.15, -0.1) is 0 Å². The number of hydrogen-bond donors (Lipinski definition) is 1. The molecule has 0 bridgehead atoms. The summed E-state index contributed by atoms with van der Waals surface area (Å²) in [6.07, 6.45) is 1.24. The van der Waals surface area contributed by atoms with Crippen molar-refractivity contribution in [3.63, 3.8) is 0 Å². The van der Waals surface area contributed by atoms with Gasteiger partial charge in [0.1, 0.15) is 22.9 Å². The molecular weight excluding hydrogens is 399 g/mol. The van der Waals surface area contributed by atoms with Gasteiger partial charge in [-0.2, -0.15) is 0 Å². The van der Waals surface area contributed by atoms with E-state index in [0.717, 1.165) is 17.0 Å². The number of carbonyl (C=O) groups is 3. The van der Waals surface area contributed by atoms with Crippen LogP contribution in [-0.2, 0) is 9.59 Å². The van der Waals surface area contributed by atoms with Crippen molar-refractivity contribution >= 4 is 41.2 Å². The van der Waals surface area contributed by atoms with E-state index < -0.39 is 23.7 Å². The topological polar surface area (TPSA) is 79.6 Å². The predicted molar refractivity (Wildman–Crippen MR) is 105 cm³/mol. The summed E-state index contributed by atoms with van der Waals surface area (Å²) in [7, 11) is 0. The van der Waals surface area contributed by atoms with Crippen LogP contribution in [0.3, 0.4) is 0 Å². The second kappa shape index (κ2) is 7.37. The molecule has 1 fully saturated rings. The van der Waals surface area contributed by atoms with E-state index in [4.69, 9.17) is 16.0 Å². The lowest BCUT2D eigenvalue weighted by Crippen LogP contribution is -2.54. The van der Waals surface area contributed by atoms with Gasteiger partial charge in [-0.05, 0) is 54.6 Å². The molecule has 0 saturated carbocycles. The van der Waals surface area contributed by atoms with Gasteiger partial charge >= 0.3 is 6.03 Å². The Morgan fingerprint density at radius 3 is 2.41 bits per heavy atom. The fourth-order valence-corrected chi connectivity index (χ4v) is 3.09. The van der Waals surface area contributed by atoms with E-state index in [1.165, 1.54) is 18.2 Å². The number of urea groups is 1. The Kier molecular flexibility index (Phi) is 4.74. The highest BCUT2D eigenvalue weighted by Crippen LogP contribution is 2.30. The summed E-state index contributed by atoms with van der Waals surface area (Å²) in [6, 6.07) is 14.1. The minimum absolute atomic E-state index is 0.128. The number of rotatable bonds is 3. The Morgan fingerprint density at radius 1 is 0.966 bits per heavy atom. The Hall–Kier alpha value is -3.71. The number of nitrogens with one attached hydrogen (secondary N) is 1. The van der Waals surface area contributed by atoms with Crippen molar-refractivity contribution in [2.75, 3.05) is 4.90 Å². The fourth-order valence-electron chi connectivity index (χ4n) is 2.86. The molecule has 0 atom stereocenters. The highest BCUT2D eigenvalue weighted by atomic mass is 35.5. The minimum Gasteiger partial charge on any atom is -0.457 e. The van der Waals surface area contributed by atoms with Gasteiger partial charge in [-0.3, -0.25) is 14.9 Å². The maximum Gasteiger partial charge on any atom is 0.335 e. The molecular formula is C21H12ClFN2O4. The van der Waals surface area contributed by atoms with Crippen LogP contribution in [0, 0.1) is 5.82 Å². The smallest absolute Gasteiger partial charge is 0.335 e. The van der Waals surface area contributed by atoms with Crippen LogP contribution in [0.15, 0.2) is 70.7 Å². The van der Waals surface area contributed by atoms with Gasteiger partial charge in [0.25, 0.3) is 11.8 Å². The summed E-state index contributed by atoms with van der Waals surface area (Å²) in [5.74, 6) is -1.53. The molecule has 8 heteroatoms. The maximum atomic E-state index is 13.2. The van der Waals surface area contributed by atoms with Crippen LogP contribution in [0.4, 0.5) is 14.9 Å². The minimum atomic E-state index is -0.917. The number of hydrogen-bond acceptors (Lipinski definition) is 4. The van der Waals surface area contributed by atoms with E-state index in [2.05, 4.69) is 5.32 Å². The normalized spacial score (nSPS) is 15.7. The van der Waals surface area contributed by atoms with Gasteiger partial charge in [-0.1, -0.05) is 23.7 Å². The number of benzene rings is 2. The van der Waals surface area contributed by atoms with Crippen molar-refractivity contribution in [2.45, 2.75) is 0 Å². The number of carbonyl (C=O) groups excluding carboxylic acids is 3. The molecule has 144 valence electrons. The second-order valence-corrected chi connectivity index (χ2v) is 6.52. The van der Waals surface area contributed by atoms with Crippen molar-refractivity contribution in [1.82, 2.24) is 5.32 Å². The number of anilines is 1. The van der Waals surface area contributed by atoms with Gasteiger partial charge in [0.05, 0.1) is 10.7 Å². The fraction of sp³-hybridized carbons (Fsp3) is 0. The van der Waals surface area contributed by atoms with Gasteiger partial charge in [0.15, 0.2) is 0 Å². The number of barbiturate groups is 1. The molecule has 0 unspecified atom stereocenters. The molecule has 29 heavy (non-hydrogen) atoms. The summed E-state index contributed by atoms with van der Waals surface area (Å²) < 4.78 is 18.8. The summed E-state index contributed by atoms with van der Waals surface area (Å²) in [6.45, 7) is 0. The Labute approximate surface area is 169 Å². The predicted octanol–water partition coefficient (Wildman–Crippen LogP) is 4.41. The standard InChI is InChI=1S/C21H12ClFN2O4/c22-17-4-2-1-3-15(17)18-10-9-14(29-18)11-16-19(26)24-21(28)25(20(16)27)13-7-5-12(23)6-8-13/h1-11H,(H,24,26,28)/b16-11+. The van der Waals surface area contributed by atoms with Gasteiger partial charge in [0.2, 0.25) is 0 Å². The van der Waals surface area contributed by atoms with Crippen molar-refractivity contribution in [3.05, 3.63) is 82.8 Å². The first kappa shape index (κ1) is 18.6. The summed E-state index contributed by atoms with van der Waals surface area (Å²) >= 11 is 6.16. The lowest BCUT2D eigenvalue weighted by Gasteiger charge is -2.26. The molecule has 1 saturated heterocycles. The molecule has 1 N–H and O–H groups in total. The van der Waals surface area contributed by atoms with Crippen LogP contribution < -0.4 is 10.2 Å². The van der Waals surface area contributed by atoms with E-state index >= 15 is 0 Å². The molecule has 6 nitrogen and oxygen atoms in total. The van der Waals surface area contributed by atoms with Crippen LogP contribution in [0.2, 0.25) is 5.02 Å². The zero-order valence-corrected chi connectivity index (χ0v) is 15.4. The third-order valence-corrected chi connectivity index (χ3v) is 4.57. The summed E-state index contributed by atoms with van der Waals surface area (Å²) in [5.41, 5.74) is 0.485. The van der Waals surface area contributed by atoms with E-state index in [9.17, 15) is 18.8 Å². The monoisotopic (exact) mass is 410 g/mol. The third kappa shape index (κ3) is 3.55. The Balaban J connectivity index is 1.68. The van der Waals surface area contributed by atoms with E-state index in [1.54, 1.807) is 36.4 Å². The molecule has 4 rings (SSSR count). The van der Waals surface area contributed by atoms with Crippen molar-refractivity contribution in [2.24, 2.45) is 0 Å². The van der Waals surface area contributed by atoms with Crippen LogP contribution in [0.1, 0.15) is 5.76 Å². The van der Waals surface area contributed by atoms with E-state index in [0.29, 0.717) is 16.3 Å². The molecule has 1 aliphatic rings. The van der Waals surface area contributed by atoms with Gasteiger partial charge < -0.3 is 4.42 Å². The molecule has 2 aromatic carbocycles. The SMILES string of the molecule is O=C1NC(=O)N(c2ccc(F)cc2)C(=O)/C1=C/c1ccc(-c2ccccc2Cl)o1. The highest BCUT2D eigenvalue weighted by Gasteiger charge is 2.37. The van der Waals surface area contributed by atoms with Crippen LogP contribution in [0.5, 0.6) is 0 Å². The average Bonchev–Trinajstić information content (AvgIpc) is 3.15. The zero-order chi connectivity index (χ0) is 20.5. The average molecular weight is 411 g/mol. The molecule has 1 aliphatic heterocycles. The van der Waals surface area contributed by atoms with Crippen molar-refractivity contribution < 1.29 is 23.2 Å².